The molecule has 26 heavy (non-hydrogen) atoms. The Morgan fingerprint density at radius 3 is 2.96 bits per heavy atom. The predicted octanol–water partition coefficient (Wildman–Crippen LogP) is 3.21. The molecule has 0 spiro atoms. The van der Waals surface area contributed by atoms with Crippen LogP contribution in [0.2, 0.25) is 0 Å². The number of pyridine rings is 1. The van der Waals surface area contributed by atoms with Gasteiger partial charge < -0.3 is 15.7 Å². The van der Waals surface area contributed by atoms with Crippen molar-refractivity contribution in [2.75, 3.05) is 10.6 Å². The second-order valence-electron chi connectivity index (χ2n) is 6.57. The van der Waals surface area contributed by atoms with Crippen molar-refractivity contribution in [3.05, 3.63) is 46.8 Å². The lowest BCUT2D eigenvalue weighted by Crippen LogP contribution is -2.36. The first-order chi connectivity index (χ1) is 12.7. The Morgan fingerprint density at radius 1 is 1.27 bits per heavy atom. The van der Waals surface area contributed by atoms with Crippen molar-refractivity contribution in [1.29, 1.82) is 0 Å². The molecular formula is C18H21BrN6O. The smallest absolute Gasteiger partial charge is 0.173 e. The first-order valence-corrected chi connectivity index (χ1v) is 9.61. The zero-order chi connectivity index (χ0) is 17.9. The molecule has 136 valence electrons. The van der Waals surface area contributed by atoms with Crippen molar-refractivity contribution >= 4 is 33.2 Å². The molecule has 0 amide bonds. The van der Waals surface area contributed by atoms with E-state index in [0.717, 1.165) is 53.0 Å². The first kappa shape index (κ1) is 17.2. The van der Waals surface area contributed by atoms with Crippen LogP contribution in [-0.4, -0.2) is 36.8 Å². The molecular weight excluding hydrogens is 396 g/mol. The van der Waals surface area contributed by atoms with Crippen molar-refractivity contribution in [1.82, 2.24) is 19.6 Å². The molecule has 2 atom stereocenters. The zero-order valence-corrected chi connectivity index (χ0v) is 15.9. The van der Waals surface area contributed by atoms with Crippen LogP contribution < -0.4 is 10.6 Å². The highest BCUT2D eigenvalue weighted by molar-refractivity contribution is 9.10. The minimum absolute atomic E-state index is 0.0339. The molecule has 3 aromatic heterocycles. The summed E-state index contributed by atoms with van der Waals surface area (Å²) in [5, 5.41) is 21.4. The fraction of sp³-hybridized carbons (Fsp3) is 0.389. The summed E-state index contributed by atoms with van der Waals surface area (Å²) in [6.45, 7) is 0.635. The van der Waals surface area contributed by atoms with Crippen molar-refractivity contribution in [2.45, 2.75) is 44.4 Å². The SMILES string of the molecule is O[C@@H]1CCCCC1Nc1cc(NCc2cccnc2)n2ncc(Br)c2n1. The van der Waals surface area contributed by atoms with Gasteiger partial charge in [0.05, 0.1) is 22.8 Å². The third-order valence-corrected chi connectivity index (χ3v) is 5.25. The van der Waals surface area contributed by atoms with E-state index in [0.29, 0.717) is 6.54 Å². The Balaban J connectivity index is 1.60. The molecule has 1 fully saturated rings. The lowest BCUT2D eigenvalue weighted by molar-refractivity contribution is 0.116. The number of hydrogen-bond donors (Lipinski definition) is 3. The van der Waals surface area contributed by atoms with E-state index in [1.54, 1.807) is 16.9 Å². The fourth-order valence-electron chi connectivity index (χ4n) is 3.30. The van der Waals surface area contributed by atoms with Gasteiger partial charge in [-0.25, -0.2) is 4.98 Å². The molecule has 1 aliphatic rings. The van der Waals surface area contributed by atoms with E-state index in [-0.39, 0.29) is 12.1 Å². The number of fused-ring (bicyclic) bond motifs is 1. The van der Waals surface area contributed by atoms with E-state index in [2.05, 4.69) is 41.6 Å². The molecule has 0 aliphatic heterocycles. The molecule has 4 rings (SSSR count). The van der Waals surface area contributed by atoms with Gasteiger partial charge >= 0.3 is 0 Å². The number of halogens is 1. The standard InChI is InChI=1S/C18H21BrN6O/c19-13-11-22-25-17(21-10-12-4-3-7-20-9-12)8-16(24-18(13)25)23-14-5-1-2-6-15(14)26/h3-4,7-9,11,14-15,21,26H,1-2,5-6,10H2,(H,23,24)/t14?,15-/m1/s1. The Bertz CT molecular complexity index is 884. The molecule has 0 radical (unpaired) electrons. The lowest BCUT2D eigenvalue weighted by atomic mass is 9.92. The number of anilines is 2. The van der Waals surface area contributed by atoms with Crippen molar-refractivity contribution in [3.8, 4) is 0 Å². The summed E-state index contributed by atoms with van der Waals surface area (Å²) < 4.78 is 2.60. The van der Waals surface area contributed by atoms with Crippen LogP contribution >= 0.6 is 15.9 Å². The van der Waals surface area contributed by atoms with E-state index in [4.69, 9.17) is 0 Å². The topological polar surface area (TPSA) is 87.4 Å². The molecule has 3 N–H and O–H groups in total. The fourth-order valence-corrected chi connectivity index (χ4v) is 3.65. The Hall–Kier alpha value is -2.19. The number of aliphatic hydroxyl groups excluding tert-OH is 1. The van der Waals surface area contributed by atoms with E-state index >= 15 is 0 Å². The lowest BCUT2D eigenvalue weighted by Gasteiger charge is -2.29. The highest BCUT2D eigenvalue weighted by Gasteiger charge is 2.23. The van der Waals surface area contributed by atoms with Crippen LogP contribution in [0, 0.1) is 0 Å². The van der Waals surface area contributed by atoms with Gasteiger partial charge in [-0.2, -0.15) is 9.61 Å². The minimum atomic E-state index is -0.332. The quantitative estimate of drug-likeness (QED) is 0.591. The van der Waals surface area contributed by atoms with Crippen LogP contribution in [0.25, 0.3) is 5.65 Å². The Labute approximate surface area is 160 Å². The highest BCUT2D eigenvalue weighted by Crippen LogP contribution is 2.26. The Kier molecular flexibility index (Phi) is 5.03. The summed E-state index contributed by atoms with van der Waals surface area (Å²) in [7, 11) is 0. The van der Waals surface area contributed by atoms with E-state index < -0.39 is 0 Å². The molecule has 0 bridgehead atoms. The molecule has 8 heteroatoms. The van der Waals surface area contributed by atoms with E-state index in [1.807, 2.05) is 24.4 Å². The van der Waals surface area contributed by atoms with Crippen LogP contribution in [0.3, 0.4) is 0 Å². The van der Waals surface area contributed by atoms with Gasteiger partial charge in [0.1, 0.15) is 11.6 Å². The summed E-state index contributed by atoms with van der Waals surface area (Å²) in [6, 6.07) is 5.91. The molecule has 3 heterocycles. The summed E-state index contributed by atoms with van der Waals surface area (Å²) in [5.74, 6) is 1.57. The highest BCUT2D eigenvalue weighted by atomic mass is 79.9. The molecule has 7 nitrogen and oxygen atoms in total. The number of hydrogen-bond acceptors (Lipinski definition) is 6. The van der Waals surface area contributed by atoms with Crippen molar-refractivity contribution < 1.29 is 5.11 Å². The van der Waals surface area contributed by atoms with Gasteiger partial charge in [-0.05, 0) is 40.4 Å². The van der Waals surface area contributed by atoms with Gasteiger partial charge in [0, 0.05) is 25.0 Å². The van der Waals surface area contributed by atoms with Crippen LogP contribution in [0.4, 0.5) is 11.6 Å². The second-order valence-corrected chi connectivity index (χ2v) is 7.43. The summed E-state index contributed by atoms with van der Waals surface area (Å²) in [4.78, 5) is 8.80. The normalized spacial score (nSPS) is 20.2. The monoisotopic (exact) mass is 416 g/mol. The second kappa shape index (κ2) is 7.59. The summed E-state index contributed by atoms with van der Waals surface area (Å²) >= 11 is 3.51. The van der Waals surface area contributed by atoms with Crippen molar-refractivity contribution in [2.24, 2.45) is 0 Å². The maximum atomic E-state index is 10.2. The maximum absolute atomic E-state index is 10.2. The third-order valence-electron chi connectivity index (χ3n) is 4.69. The van der Waals surface area contributed by atoms with Crippen molar-refractivity contribution in [3.63, 3.8) is 0 Å². The number of rotatable bonds is 5. The summed E-state index contributed by atoms with van der Waals surface area (Å²) in [6.07, 6.45) is 8.99. The van der Waals surface area contributed by atoms with Crippen LogP contribution in [0.1, 0.15) is 31.2 Å². The van der Waals surface area contributed by atoms with Crippen LogP contribution in [0.5, 0.6) is 0 Å². The largest absolute Gasteiger partial charge is 0.391 e. The molecule has 1 aliphatic carbocycles. The van der Waals surface area contributed by atoms with Gasteiger partial charge in [0.15, 0.2) is 5.65 Å². The van der Waals surface area contributed by atoms with Gasteiger partial charge in [-0.1, -0.05) is 18.9 Å². The van der Waals surface area contributed by atoms with Crippen LogP contribution in [0.15, 0.2) is 41.3 Å². The summed E-state index contributed by atoms with van der Waals surface area (Å²) in [5.41, 5.74) is 1.81. The Morgan fingerprint density at radius 2 is 2.15 bits per heavy atom. The minimum Gasteiger partial charge on any atom is -0.391 e. The number of aromatic nitrogens is 4. The first-order valence-electron chi connectivity index (χ1n) is 8.82. The van der Waals surface area contributed by atoms with Gasteiger partial charge in [0.25, 0.3) is 0 Å². The van der Waals surface area contributed by atoms with Gasteiger partial charge in [0.2, 0.25) is 0 Å². The molecule has 0 saturated heterocycles. The zero-order valence-electron chi connectivity index (χ0n) is 14.3. The predicted molar refractivity (Wildman–Crippen MR) is 104 cm³/mol. The number of nitrogens with one attached hydrogen (secondary N) is 2. The molecule has 3 aromatic rings. The van der Waals surface area contributed by atoms with Gasteiger partial charge in [-0.3, -0.25) is 4.98 Å². The third kappa shape index (κ3) is 3.66. The molecule has 0 aromatic carbocycles. The number of nitrogens with zero attached hydrogens (tertiary/aromatic N) is 4. The maximum Gasteiger partial charge on any atom is 0.173 e. The van der Waals surface area contributed by atoms with E-state index in [1.165, 1.54) is 0 Å². The molecule has 1 saturated carbocycles. The molecule has 1 unspecified atom stereocenters. The average Bonchev–Trinajstić information content (AvgIpc) is 3.04. The average molecular weight is 417 g/mol. The van der Waals surface area contributed by atoms with Crippen LogP contribution in [-0.2, 0) is 6.54 Å². The van der Waals surface area contributed by atoms with E-state index in [9.17, 15) is 5.11 Å². The number of aliphatic hydroxyl groups is 1. The van der Waals surface area contributed by atoms with Gasteiger partial charge in [-0.15, -0.1) is 0 Å².